The van der Waals surface area contributed by atoms with Crippen molar-refractivity contribution < 1.29 is 27.5 Å². The number of esters is 1. The number of methoxy groups -OCH3 is 1. The summed E-state index contributed by atoms with van der Waals surface area (Å²) in [7, 11) is -2.44. The minimum absolute atomic E-state index is 0.0162. The third kappa shape index (κ3) is 5.55. The molecule has 0 atom stereocenters. The summed E-state index contributed by atoms with van der Waals surface area (Å²) in [5, 5.41) is 0. The van der Waals surface area contributed by atoms with E-state index in [0.29, 0.717) is 23.5 Å². The van der Waals surface area contributed by atoms with Gasteiger partial charge in [-0.2, -0.15) is 0 Å². The van der Waals surface area contributed by atoms with Crippen molar-refractivity contribution in [2.75, 3.05) is 18.4 Å². The number of nitrogens with zero attached hydrogens (tertiary/aromatic N) is 1. The molecule has 3 aromatic rings. The molecule has 1 heterocycles. The Hall–Kier alpha value is -3.85. The Balaban J connectivity index is 1.70. The van der Waals surface area contributed by atoms with Crippen LogP contribution in [0.4, 0.5) is 5.69 Å². The van der Waals surface area contributed by atoms with Crippen molar-refractivity contribution in [3.8, 4) is 5.75 Å². The lowest BCUT2D eigenvalue weighted by Gasteiger charge is -2.10. The number of hydrogen-bond acceptors (Lipinski definition) is 6. The van der Waals surface area contributed by atoms with Crippen LogP contribution in [0.15, 0.2) is 72.1 Å². The number of aryl methyl sites for hydroxylation is 1. The van der Waals surface area contributed by atoms with Gasteiger partial charge in [-0.05, 0) is 62.4 Å². The predicted octanol–water partition coefficient (Wildman–Crippen LogP) is 4.14. The molecule has 0 fully saturated rings. The molecule has 0 aliphatic carbocycles. The van der Waals surface area contributed by atoms with Crippen molar-refractivity contribution in [3.05, 3.63) is 89.8 Å². The van der Waals surface area contributed by atoms with E-state index in [1.165, 1.54) is 31.4 Å². The maximum atomic E-state index is 12.7. The van der Waals surface area contributed by atoms with Crippen molar-refractivity contribution >= 4 is 27.5 Å². The van der Waals surface area contributed by atoms with Crippen molar-refractivity contribution in [1.29, 1.82) is 0 Å². The Morgan fingerprint density at radius 3 is 2.44 bits per heavy atom. The molecule has 0 saturated heterocycles. The molecular weight excluding hydrogens is 456 g/mol. The zero-order valence-corrected chi connectivity index (χ0v) is 20.0. The van der Waals surface area contributed by atoms with Crippen LogP contribution >= 0.6 is 0 Å². The molecule has 1 aromatic heterocycles. The molecule has 0 radical (unpaired) electrons. The average Bonchev–Trinajstić information content (AvgIpc) is 3.11. The fourth-order valence-corrected chi connectivity index (χ4v) is 4.55. The van der Waals surface area contributed by atoms with Gasteiger partial charge in [-0.1, -0.05) is 12.1 Å². The molecule has 178 valence electrons. The largest absolute Gasteiger partial charge is 0.497 e. The average molecular weight is 483 g/mol. The highest BCUT2D eigenvalue weighted by Crippen LogP contribution is 2.21. The summed E-state index contributed by atoms with van der Waals surface area (Å²) in [6.45, 7) is 7.51. The maximum Gasteiger partial charge on any atom is 0.338 e. The highest BCUT2D eigenvalue weighted by molar-refractivity contribution is 7.92. The number of ketones is 1. The zero-order chi connectivity index (χ0) is 24.9. The van der Waals surface area contributed by atoms with Gasteiger partial charge in [-0.15, -0.1) is 6.58 Å². The van der Waals surface area contributed by atoms with Crippen molar-refractivity contribution in [3.63, 3.8) is 0 Å². The van der Waals surface area contributed by atoms with Gasteiger partial charge in [0.1, 0.15) is 5.75 Å². The van der Waals surface area contributed by atoms with Crippen LogP contribution in [0.3, 0.4) is 0 Å². The molecule has 0 spiro atoms. The molecule has 0 unspecified atom stereocenters. The van der Waals surface area contributed by atoms with E-state index in [-0.39, 0.29) is 16.2 Å². The number of allylic oxidation sites excluding steroid dienone is 1. The predicted molar refractivity (Wildman–Crippen MR) is 129 cm³/mol. The van der Waals surface area contributed by atoms with E-state index in [1.807, 2.05) is 18.4 Å². The molecule has 0 bridgehead atoms. The van der Waals surface area contributed by atoms with Gasteiger partial charge >= 0.3 is 5.97 Å². The van der Waals surface area contributed by atoms with E-state index in [2.05, 4.69) is 11.3 Å². The second kappa shape index (κ2) is 10.4. The summed E-state index contributed by atoms with van der Waals surface area (Å²) in [4.78, 5) is 25.0. The monoisotopic (exact) mass is 482 g/mol. The Morgan fingerprint density at radius 2 is 1.79 bits per heavy atom. The van der Waals surface area contributed by atoms with Gasteiger partial charge < -0.3 is 14.0 Å². The smallest absolute Gasteiger partial charge is 0.338 e. The second-order valence-electron chi connectivity index (χ2n) is 7.55. The molecule has 0 aliphatic heterocycles. The molecular formula is C25H26N2O6S. The molecule has 0 aliphatic rings. The van der Waals surface area contributed by atoms with Gasteiger partial charge in [-0.3, -0.25) is 9.52 Å². The normalized spacial score (nSPS) is 11.0. The third-order valence-electron chi connectivity index (χ3n) is 5.24. The van der Waals surface area contributed by atoms with Crippen LogP contribution in [-0.2, 0) is 21.3 Å². The van der Waals surface area contributed by atoms with Crippen LogP contribution in [0.5, 0.6) is 5.75 Å². The fraction of sp³-hybridized carbons (Fsp3) is 0.200. The lowest BCUT2D eigenvalue weighted by molar-refractivity contribution is 0.0474. The van der Waals surface area contributed by atoms with Gasteiger partial charge in [0.05, 0.1) is 17.6 Å². The Bertz CT molecular complexity index is 1320. The minimum Gasteiger partial charge on any atom is -0.497 e. The van der Waals surface area contributed by atoms with Crippen LogP contribution < -0.4 is 9.46 Å². The summed E-state index contributed by atoms with van der Waals surface area (Å²) >= 11 is 0. The highest BCUT2D eigenvalue weighted by atomic mass is 32.2. The molecule has 9 heteroatoms. The van der Waals surface area contributed by atoms with E-state index in [4.69, 9.17) is 9.47 Å². The first-order valence-electron chi connectivity index (χ1n) is 10.4. The summed E-state index contributed by atoms with van der Waals surface area (Å²) in [6, 6.07) is 13.5. The topological polar surface area (TPSA) is 104 Å². The molecule has 1 N–H and O–H groups in total. The van der Waals surface area contributed by atoms with Gasteiger partial charge in [0, 0.05) is 29.2 Å². The van der Waals surface area contributed by atoms with Crippen molar-refractivity contribution in [2.45, 2.75) is 25.3 Å². The van der Waals surface area contributed by atoms with Crippen LogP contribution in [0.25, 0.3) is 0 Å². The van der Waals surface area contributed by atoms with Gasteiger partial charge in [0.15, 0.2) is 6.61 Å². The second-order valence-corrected chi connectivity index (χ2v) is 9.23. The number of ether oxygens (including phenoxy) is 2. The first-order valence-corrected chi connectivity index (χ1v) is 11.9. The zero-order valence-electron chi connectivity index (χ0n) is 19.2. The van der Waals surface area contributed by atoms with Crippen molar-refractivity contribution in [1.82, 2.24) is 4.57 Å². The SMILES string of the molecule is C=CCn1c(C)cc(C(=O)COC(=O)c2cccc(S(=O)(=O)Nc3ccc(OC)cc3)c2)c1C. The van der Waals surface area contributed by atoms with E-state index >= 15 is 0 Å². The number of Topliss-reactive ketones (excluding diaryl/α,β-unsaturated/α-hetero) is 1. The number of benzene rings is 2. The summed E-state index contributed by atoms with van der Waals surface area (Å²) in [5.74, 6) is -0.554. The number of sulfonamides is 1. The number of carbonyl (C=O) groups excluding carboxylic acids is 2. The summed E-state index contributed by atoms with van der Waals surface area (Å²) < 4.78 is 40.1. The number of rotatable bonds is 10. The molecule has 8 nitrogen and oxygen atoms in total. The minimum atomic E-state index is -3.95. The molecule has 34 heavy (non-hydrogen) atoms. The lowest BCUT2D eigenvalue weighted by Crippen LogP contribution is -2.16. The fourth-order valence-electron chi connectivity index (χ4n) is 3.45. The third-order valence-corrected chi connectivity index (χ3v) is 6.62. The molecule has 0 amide bonds. The van der Waals surface area contributed by atoms with E-state index in [9.17, 15) is 18.0 Å². The number of hydrogen-bond donors (Lipinski definition) is 1. The quantitative estimate of drug-likeness (QED) is 0.265. The highest BCUT2D eigenvalue weighted by Gasteiger charge is 2.20. The van der Waals surface area contributed by atoms with E-state index in [1.54, 1.807) is 36.4 Å². The number of nitrogens with one attached hydrogen (secondary N) is 1. The first-order chi connectivity index (χ1) is 16.2. The van der Waals surface area contributed by atoms with Crippen LogP contribution in [0.2, 0.25) is 0 Å². The van der Waals surface area contributed by atoms with Crippen LogP contribution in [-0.4, -0.2) is 38.5 Å². The number of anilines is 1. The van der Waals surface area contributed by atoms with E-state index < -0.39 is 22.6 Å². The molecule has 0 saturated carbocycles. The maximum absolute atomic E-state index is 12.7. The molecule has 2 aromatic carbocycles. The van der Waals surface area contributed by atoms with Crippen LogP contribution in [0, 0.1) is 13.8 Å². The Kier molecular flexibility index (Phi) is 7.57. The molecule has 3 rings (SSSR count). The first kappa shape index (κ1) is 24.8. The Labute approximate surface area is 198 Å². The van der Waals surface area contributed by atoms with E-state index in [0.717, 1.165) is 11.4 Å². The number of carbonyl (C=O) groups is 2. The summed E-state index contributed by atoms with van der Waals surface area (Å²) in [6.07, 6.45) is 1.73. The van der Waals surface area contributed by atoms with Gasteiger partial charge in [0.2, 0.25) is 5.78 Å². The lowest BCUT2D eigenvalue weighted by atomic mass is 10.1. The number of aromatic nitrogens is 1. The standard InChI is InChI=1S/C25H26N2O6S/c1-5-13-27-17(2)14-23(18(27)3)24(28)16-33-25(29)19-7-6-8-22(15-19)34(30,31)26-20-9-11-21(32-4)12-10-20/h5-12,14-15,26H,1,13,16H2,2-4H3. The summed E-state index contributed by atoms with van der Waals surface area (Å²) in [5.41, 5.74) is 2.48. The van der Waals surface area contributed by atoms with Crippen LogP contribution in [0.1, 0.15) is 32.1 Å². The Morgan fingerprint density at radius 1 is 1.09 bits per heavy atom. The van der Waals surface area contributed by atoms with Gasteiger partial charge in [-0.25, -0.2) is 13.2 Å². The van der Waals surface area contributed by atoms with Gasteiger partial charge in [0.25, 0.3) is 10.0 Å². The van der Waals surface area contributed by atoms with Crippen molar-refractivity contribution in [2.24, 2.45) is 0 Å².